The molecule has 0 amide bonds. The van der Waals surface area contributed by atoms with Gasteiger partial charge in [0.2, 0.25) is 0 Å². The molecule has 0 aliphatic heterocycles. The van der Waals surface area contributed by atoms with E-state index >= 15 is 0 Å². The van der Waals surface area contributed by atoms with Crippen LogP contribution in [0.4, 0.5) is 0 Å². The highest BCUT2D eigenvalue weighted by Crippen LogP contribution is 2.76. The molecule has 6 nitrogen and oxygen atoms in total. The molecular weight excluding hydrogens is 456 g/mol. The molecule has 0 saturated heterocycles. The lowest BCUT2D eigenvalue weighted by Crippen LogP contribution is -2.69. The van der Waals surface area contributed by atoms with Gasteiger partial charge in [0.15, 0.2) is 0 Å². The molecule has 12 atom stereocenters. The van der Waals surface area contributed by atoms with Crippen LogP contribution in [0, 0.1) is 50.7 Å². The molecule has 0 unspecified atom stereocenters. The number of allylic oxidation sites excluding steroid dienone is 1. The molecule has 4 saturated carbocycles. The molecule has 0 radical (unpaired) electrons. The summed E-state index contributed by atoms with van der Waals surface area (Å²) in [6, 6.07) is 0. The van der Waals surface area contributed by atoms with E-state index in [0.29, 0.717) is 19.3 Å². The third-order valence-corrected chi connectivity index (χ3v) is 13.6. The van der Waals surface area contributed by atoms with Gasteiger partial charge in [0, 0.05) is 11.3 Å². The van der Waals surface area contributed by atoms with Crippen molar-refractivity contribution in [1.29, 1.82) is 0 Å². The van der Waals surface area contributed by atoms with Crippen molar-refractivity contribution in [2.24, 2.45) is 50.7 Å². The average molecular weight is 505 g/mol. The van der Waals surface area contributed by atoms with Crippen LogP contribution >= 0.6 is 0 Å². The summed E-state index contributed by atoms with van der Waals surface area (Å²) in [4.78, 5) is 12.8. The van der Waals surface area contributed by atoms with Gasteiger partial charge in [-0.1, -0.05) is 46.3 Å². The highest BCUT2D eigenvalue weighted by atomic mass is 16.4. The van der Waals surface area contributed by atoms with Crippen LogP contribution < -0.4 is 0 Å². The largest absolute Gasteiger partial charge is 0.481 e. The van der Waals surface area contributed by atoms with E-state index in [1.807, 2.05) is 13.8 Å². The standard InChI is InChI=1S/C30H48O6/c1-17-9-12-30(24(34)35)14-13-27(4)18(22(30)29(17,6)36)7-8-21-25(2)15-19(32)23(33)26(3,16-31)20(25)10-11-28(21,27)5/h7,17,19-23,31-33,36H,8-16H2,1-6H3,(H,34,35)/t17-,19-,20-,21-,22-,23-,25+,26-,27-,28-,29-,30+/m1/s1. The van der Waals surface area contributed by atoms with E-state index < -0.39 is 40.5 Å². The van der Waals surface area contributed by atoms with Gasteiger partial charge >= 0.3 is 5.97 Å². The number of hydrogen-bond acceptors (Lipinski definition) is 5. The zero-order valence-electron chi connectivity index (χ0n) is 23.0. The molecule has 5 rings (SSSR count). The van der Waals surface area contributed by atoms with Gasteiger partial charge in [0.05, 0.1) is 29.8 Å². The first kappa shape index (κ1) is 26.6. The highest BCUT2D eigenvalue weighted by Gasteiger charge is 2.72. The number of rotatable bonds is 2. The van der Waals surface area contributed by atoms with Crippen LogP contribution in [-0.4, -0.2) is 55.9 Å². The summed E-state index contributed by atoms with van der Waals surface area (Å²) in [5.41, 5.74) is -2.28. The van der Waals surface area contributed by atoms with Gasteiger partial charge in [0.1, 0.15) is 0 Å². The van der Waals surface area contributed by atoms with E-state index in [1.54, 1.807) is 0 Å². The normalized spacial score (nSPS) is 58.6. The van der Waals surface area contributed by atoms with Crippen LogP contribution in [0.1, 0.15) is 92.9 Å². The minimum atomic E-state index is -1.09. The maximum absolute atomic E-state index is 12.8. The molecule has 0 aromatic carbocycles. The SMILES string of the molecule is C[C@@H]1CC[C@]2(C(=O)O)CC[C@]3(C)C(=CC[C@@H]4[C@@]5(C)C[C@@H](O)[C@@H](O)[C@](C)(CO)[C@@H]5CC[C@]43C)[C@@H]2[C@]1(C)O. The number of aliphatic hydroxyl groups is 4. The summed E-state index contributed by atoms with van der Waals surface area (Å²) >= 11 is 0. The van der Waals surface area contributed by atoms with Crippen LogP contribution in [0.15, 0.2) is 11.6 Å². The zero-order chi connectivity index (χ0) is 26.7. The molecule has 0 aromatic heterocycles. The Labute approximate surface area is 216 Å². The first-order chi connectivity index (χ1) is 16.6. The summed E-state index contributed by atoms with van der Waals surface area (Å²) in [6.45, 7) is 12.6. The Balaban J connectivity index is 1.65. The molecule has 0 heterocycles. The van der Waals surface area contributed by atoms with Crippen molar-refractivity contribution in [3.05, 3.63) is 11.6 Å². The van der Waals surface area contributed by atoms with Crippen molar-refractivity contribution in [3.63, 3.8) is 0 Å². The maximum atomic E-state index is 12.8. The molecular formula is C30H48O6. The quantitative estimate of drug-likeness (QED) is 0.361. The van der Waals surface area contributed by atoms with Gasteiger partial charge in [-0.05, 0) is 92.3 Å². The molecule has 5 aliphatic carbocycles. The second kappa shape index (κ2) is 7.80. The molecule has 5 aliphatic rings. The van der Waals surface area contributed by atoms with Crippen molar-refractivity contribution in [1.82, 2.24) is 0 Å². The fourth-order valence-corrected chi connectivity index (χ4v) is 11.0. The van der Waals surface area contributed by atoms with Gasteiger partial charge in [-0.25, -0.2) is 0 Å². The number of carboxylic acid groups (broad SMARTS) is 1. The Morgan fingerprint density at radius 3 is 2.28 bits per heavy atom. The van der Waals surface area contributed by atoms with Crippen molar-refractivity contribution < 1.29 is 30.3 Å². The van der Waals surface area contributed by atoms with Gasteiger partial charge in [-0.3, -0.25) is 4.79 Å². The van der Waals surface area contributed by atoms with Crippen LogP contribution in [0.25, 0.3) is 0 Å². The average Bonchev–Trinajstić information content (AvgIpc) is 2.80. The molecule has 0 bridgehead atoms. The van der Waals surface area contributed by atoms with E-state index in [1.165, 1.54) is 0 Å². The predicted molar refractivity (Wildman–Crippen MR) is 137 cm³/mol. The van der Waals surface area contributed by atoms with Crippen LogP contribution in [-0.2, 0) is 4.79 Å². The Morgan fingerprint density at radius 2 is 1.67 bits per heavy atom. The molecule has 204 valence electrons. The number of carboxylic acids is 1. The molecule has 0 spiro atoms. The summed E-state index contributed by atoms with van der Waals surface area (Å²) in [6.07, 6.45) is 6.20. The maximum Gasteiger partial charge on any atom is 0.310 e. The van der Waals surface area contributed by atoms with E-state index in [-0.39, 0.29) is 40.6 Å². The number of aliphatic hydroxyl groups excluding tert-OH is 3. The van der Waals surface area contributed by atoms with E-state index in [4.69, 9.17) is 0 Å². The molecule has 6 heteroatoms. The lowest BCUT2D eigenvalue weighted by molar-refractivity contribution is -0.247. The Hall–Kier alpha value is -0.950. The topological polar surface area (TPSA) is 118 Å². The minimum Gasteiger partial charge on any atom is -0.481 e. The summed E-state index contributed by atoms with van der Waals surface area (Å²) in [5, 5.41) is 54.8. The summed E-state index contributed by atoms with van der Waals surface area (Å²) < 4.78 is 0. The van der Waals surface area contributed by atoms with Gasteiger partial charge in [-0.15, -0.1) is 0 Å². The fraction of sp³-hybridized carbons (Fsp3) is 0.900. The number of carbonyl (C=O) groups is 1. The molecule has 36 heavy (non-hydrogen) atoms. The Kier molecular flexibility index (Phi) is 5.77. The monoisotopic (exact) mass is 504 g/mol. The van der Waals surface area contributed by atoms with Gasteiger partial charge < -0.3 is 25.5 Å². The first-order valence-electron chi connectivity index (χ1n) is 14.2. The predicted octanol–water partition coefficient (Wildman–Crippen LogP) is 4.15. The van der Waals surface area contributed by atoms with E-state index in [9.17, 15) is 30.3 Å². The van der Waals surface area contributed by atoms with Crippen LogP contribution in [0.5, 0.6) is 0 Å². The lowest BCUT2D eigenvalue weighted by atomic mass is 9.33. The van der Waals surface area contributed by atoms with E-state index in [0.717, 1.165) is 37.7 Å². The molecule has 5 N–H and O–H groups in total. The zero-order valence-corrected chi connectivity index (χ0v) is 23.0. The Bertz CT molecular complexity index is 974. The van der Waals surface area contributed by atoms with E-state index in [2.05, 4.69) is 33.8 Å². The second-order valence-electron chi connectivity index (χ2n) is 14.7. The van der Waals surface area contributed by atoms with Crippen LogP contribution in [0.3, 0.4) is 0 Å². The smallest absolute Gasteiger partial charge is 0.310 e. The van der Waals surface area contributed by atoms with Crippen LogP contribution in [0.2, 0.25) is 0 Å². The molecule has 4 fully saturated rings. The number of aliphatic carboxylic acids is 1. The number of fused-ring (bicyclic) bond motifs is 7. The van der Waals surface area contributed by atoms with Crippen molar-refractivity contribution in [2.75, 3.05) is 6.61 Å². The van der Waals surface area contributed by atoms with Crippen molar-refractivity contribution in [3.8, 4) is 0 Å². The first-order valence-corrected chi connectivity index (χ1v) is 14.2. The number of hydrogen-bond donors (Lipinski definition) is 5. The Morgan fingerprint density at radius 1 is 1.00 bits per heavy atom. The molecule has 0 aromatic rings. The minimum absolute atomic E-state index is 0.0252. The third-order valence-electron chi connectivity index (χ3n) is 13.6. The van der Waals surface area contributed by atoms with Crippen molar-refractivity contribution in [2.45, 2.75) is 111 Å². The van der Waals surface area contributed by atoms with Crippen molar-refractivity contribution >= 4 is 5.97 Å². The van der Waals surface area contributed by atoms with Gasteiger partial charge in [0.25, 0.3) is 0 Å². The van der Waals surface area contributed by atoms with Gasteiger partial charge in [-0.2, -0.15) is 0 Å². The second-order valence-corrected chi connectivity index (χ2v) is 14.7. The fourth-order valence-electron chi connectivity index (χ4n) is 11.0. The summed E-state index contributed by atoms with van der Waals surface area (Å²) in [7, 11) is 0. The highest BCUT2D eigenvalue weighted by molar-refractivity contribution is 5.77. The lowest BCUT2D eigenvalue weighted by Gasteiger charge is -2.72. The third kappa shape index (κ3) is 2.91. The summed E-state index contributed by atoms with van der Waals surface area (Å²) in [5.74, 6) is -0.834.